The standard InChI is InChI=1S/C15H18N2O2S2/c1-4-6-12-10(5-2)7-13(21-12)14(19)17-15-16-11(8-20-15)9(3)18/h7-8H,4-6H2,1-3H3,(H,16,17,19). The number of ketones is 1. The molecule has 0 aromatic carbocycles. The van der Waals surface area contributed by atoms with E-state index >= 15 is 0 Å². The average Bonchev–Trinajstić information content (AvgIpc) is 3.06. The number of nitrogens with one attached hydrogen (secondary N) is 1. The molecule has 2 heterocycles. The van der Waals surface area contributed by atoms with Gasteiger partial charge in [-0.3, -0.25) is 14.9 Å². The zero-order chi connectivity index (χ0) is 15.4. The summed E-state index contributed by atoms with van der Waals surface area (Å²) in [4.78, 5) is 29.6. The van der Waals surface area contributed by atoms with E-state index in [-0.39, 0.29) is 11.7 Å². The van der Waals surface area contributed by atoms with Crippen molar-refractivity contribution in [2.24, 2.45) is 0 Å². The molecule has 0 aliphatic carbocycles. The number of hydrogen-bond donors (Lipinski definition) is 1. The Balaban J connectivity index is 2.13. The van der Waals surface area contributed by atoms with Gasteiger partial charge in [0.2, 0.25) is 0 Å². The van der Waals surface area contributed by atoms with E-state index in [1.807, 2.05) is 6.07 Å². The first-order chi connectivity index (χ1) is 10.0. The summed E-state index contributed by atoms with van der Waals surface area (Å²) in [6.45, 7) is 5.70. The van der Waals surface area contributed by atoms with Gasteiger partial charge in [-0.1, -0.05) is 20.3 Å². The van der Waals surface area contributed by atoms with E-state index < -0.39 is 0 Å². The zero-order valence-corrected chi connectivity index (χ0v) is 14.0. The lowest BCUT2D eigenvalue weighted by Gasteiger charge is -1.97. The number of nitrogens with zero attached hydrogens (tertiary/aromatic N) is 1. The van der Waals surface area contributed by atoms with Crippen molar-refractivity contribution < 1.29 is 9.59 Å². The number of aryl methyl sites for hydroxylation is 2. The Bertz CT molecular complexity index is 658. The number of thiazole rings is 1. The van der Waals surface area contributed by atoms with E-state index in [2.05, 4.69) is 24.1 Å². The van der Waals surface area contributed by atoms with Gasteiger partial charge in [0.05, 0.1) is 4.88 Å². The summed E-state index contributed by atoms with van der Waals surface area (Å²) >= 11 is 2.82. The number of hydrogen-bond acceptors (Lipinski definition) is 5. The van der Waals surface area contributed by atoms with Crippen LogP contribution in [0.1, 0.15) is 57.8 Å². The molecular weight excluding hydrogens is 304 g/mol. The molecular formula is C15H18N2O2S2. The van der Waals surface area contributed by atoms with Gasteiger partial charge in [0, 0.05) is 17.2 Å². The minimum atomic E-state index is -0.151. The van der Waals surface area contributed by atoms with Crippen LogP contribution in [0.5, 0.6) is 0 Å². The lowest BCUT2D eigenvalue weighted by molar-refractivity contribution is 0.100. The summed E-state index contributed by atoms with van der Waals surface area (Å²) in [5, 5.41) is 4.89. The third-order valence-electron chi connectivity index (χ3n) is 3.06. The molecule has 1 N–H and O–H groups in total. The molecule has 0 aliphatic heterocycles. The Kier molecular flexibility index (Phi) is 5.25. The Morgan fingerprint density at radius 2 is 2.10 bits per heavy atom. The fraction of sp³-hybridized carbons (Fsp3) is 0.400. The fourth-order valence-electron chi connectivity index (χ4n) is 1.97. The number of anilines is 1. The van der Waals surface area contributed by atoms with Crippen molar-refractivity contribution >= 4 is 39.5 Å². The molecule has 21 heavy (non-hydrogen) atoms. The third kappa shape index (κ3) is 3.77. The van der Waals surface area contributed by atoms with Crippen LogP contribution >= 0.6 is 22.7 Å². The van der Waals surface area contributed by atoms with Crippen LogP contribution in [-0.2, 0) is 12.8 Å². The van der Waals surface area contributed by atoms with Crippen molar-refractivity contribution in [1.29, 1.82) is 0 Å². The SMILES string of the molecule is CCCc1sc(C(=O)Nc2nc(C(C)=O)cs2)cc1CC. The summed E-state index contributed by atoms with van der Waals surface area (Å²) in [5.41, 5.74) is 1.64. The van der Waals surface area contributed by atoms with Gasteiger partial charge in [-0.05, 0) is 24.5 Å². The summed E-state index contributed by atoms with van der Waals surface area (Å²) < 4.78 is 0. The molecule has 1 amide bonds. The number of carbonyl (C=O) groups excluding carboxylic acids is 2. The molecule has 6 heteroatoms. The molecule has 0 saturated heterocycles. The number of rotatable bonds is 6. The van der Waals surface area contributed by atoms with Gasteiger partial charge < -0.3 is 0 Å². The number of Topliss-reactive ketones (excluding diaryl/α,β-unsaturated/α-hetero) is 1. The van der Waals surface area contributed by atoms with Crippen LogP contribution < -0.4 is 5.32 Å². The van der Waals surface area contributed by atoms with Gasteiger partial charge in [-0.15, -0.1) is 22.7 Å². The highest BCUT2D eigenvalue weighted by atomic mass is 32.1. The Morgan fingerprint density at radius 3 is 2.67 bits per heavy atom. The molecule has 0 atom stereocenters. The second-order valence-electron chi connectivity index (χ2n) is 4.71. The van der Waals surface area contributed by atoms with Gasteiger partial charge in [-0.25, -0.2) is 4.98 Å². The molecule has 112 valence electrons. The van der Waals surface area contributed by atoms with Crippen molar-refractivity contribution in [3.05, 3.63) is 32.5 Å². The molecule has 4 nitrogen and oxygen atoms in total. The highest BCUT2D eigenvalue weighted by molar-refractivity contribution is 7.15. The zero-order valence-electron chi connectivity index (χ0n) is 12.4. The Labute approximate surface area is 132 Å². The van der Waals surface area contributed by atoms with Crippen LogP contribution in [0.3, 0.4) is 0 Å². The van der Waals surface area contributed by atoms with Crippen LogP contribution in [0.4, 0.5) is 5.13 Å². The first-order valence-corrected chi connectivity index (χ1v) is 8.64. The second-order valence-corrected chi connectivity index (χ2v) is 6.71. The smallest absolute Gasteiger partial charge is 0.267 e. The predicted octanol–water partition coefficient (Wildman–Crippen LogP) is 4.17. The number of amides is 1. The van der Waals surface area contributed by atoms with Gasteiger partial charge >= 0.3 is 0 Å². The summed E-state index contributed by atoms with van der Waals surface area (Å²) in [6, 6.07) is 1.96. The van der Waals surface area contributed by atoms with Crippen molar-refractivity contribution in [1.82, 2.24) is 4.98 Å². The largest absolute Gasteiger partial charge is 0.297 e. The van der Waals surface area contributed by atoms with Gasteiger partial charge in [0.1, 0.15) is 5.69 Å². The molecule has 2 rings (SSSR count). The van der Waals surface area contributed by atoms with Gasteiger partial charge in [-0.2, -0.15) is 0 Å². The van der Waals surface area contributed by atoms with E-state index in [1.54, 1.807) is 16.7 Å². The maximum Gasteiger partial charge on any atom is 0.267 e. The molecule has 0 spiro atoms. The molecule has 0 unspecified atom stereocenters. The van der Waals surface area contributed by atoms with Crippen LogP contribution in [0.25, 0.3) is 0 Å². The molecule has 2 aromatic rings. The molecule has 2 aromatic heterocycles. The van der Waals surface area contributed by atoms with Crippen LogP contribution in [0.15, 0.2) is 11.4 Å². The molecule has 0 saturated carbocycles. The molecule has 0 bridgehead atoms. The summed E-state index contributed by atoms with van der Waals surface area (Å²) in [5.74, 6) is -0.247. The first-order valence-electron chi connectivity index (χ1n) is 6.94. The van der Waals surface area contributed by atoms with Crippen molar-refractivity contribution in [2.75, 3.05) is 5.32 Å². The highest BCUT2D eigenvalue weighted by Gasteiger charge is 2.15. The number of aromatic nitrogens is 1. The third-order valence-corrected chi connectivity index (χ3v) is 5.06. The van der Waals surface area contributed by atoms with E-state index in [1.165, 1.54) is 28.7 Å². The summed E-state index contributed by atoms with van der Waals surface area (Å²) in [7, 11) is 0. The maximum atomic E-state index is 12.3. The fourth-order valence-corrected chi connectivity index (χ4v) is 3.96. The van der Waals surface area contributed by atoms with Crippen LogP contribution in [-0.4, -0.2) is 16.7 Å². The van der Waals surface area contributed by atoms with E-state index in [0.717, 1.165) is 19.3 Å². The van der Waals surface area contributed by atoms with Gasteiger partial charge in [0.25, 0.3) is 5.91 Å². The van der Waals surface area contributed by atoms with Gasteiger partial charge in [0.15, 0.2) is 10.9 Å². The topological polar surface area (TPSA) is 59.1 Å². The van der Waals surface area contributed by atoms with E-state index in [0.29, 0.717) is 15.7 Å². The number of thiophene rings is 1. The monoisotopic (exact) mass is 322 g/mol. The second kappa shape index (κ2) is 6.95. The van der Waals surface area contributed by atoms with Crippen molar-refractivity contribution in [3.63, 3.8) is 0 Å². The van der Waals surface area contributed by atoms with Crippen LogP contribution in [0, 0.1) is 0 Å². The highest BCUT2D eigenvalue weighted by Crippen LogP contribution is 2.26. The van der Waals surface area contributed by atoms with Crippen molar-refractivity contribution in [2.45, 2.75) is 40.0 Å². The van der Waals surface area contributed by atoms with E-state index in [4.69, 9.17) is 0 Å². The molecule has 0 fully saturated rings. The quantitative estimate of drug-likeness (QED) is 0.812. The molecule has 0 radical (unpaired) electrons. The molecule has 0 aliphatic rings. The number of carbonyl (C=O) groups is 2. The minimum Gasteiger partial charge on any atom is -0.297 e. The van der Waals surface area contributed by atoms with Crippen LogP contribution in [0.2, 0.25) is 0 Å². The summed E-state index contributed by atoms with van der Waals surface area (Å²) in [6.07, 6.45) is 3.01. The minimum absolute atomic E-state index is 0.0960. The predicted molar refractivity (Wildman–Crippen MR) is 87.8 cm³/mol. The Morgan fingerprint density at radius 1 is 1.33 bits per heavy atom. The van der Waals surface area contributed by atoms with E-state index in [9.17, 15) is 9.59 Å². The average molecular weight is 322 g/mol. The van der Waals surface area contributed by atoms with Crippen molar-refractivity contribution in [3.8, 4) is 0 Å². The maximum absolute atomic E-state index is 12.3. The normalized spacial score (nSPS) is 10.6. The lowest BCUT2D eigenvalue weighted by Crippen LogP contribution is -2.10. The Hall–Kier alpha value is -1.53. The lowest BCUT2D eigenvalue weighted by atomic mass is 10.1. The first kappa shape index (κ1) is 15.9.